The van der Waals surface area contributed by atoms with E-state index in [4.69, 9.17) is 0 Å². The molecule has 104 valence electrons. The summed E-state index contributed by atoms with van der Waals surface area (Å²) in [6, 6.07) is 0. The lowest BCUT2D eigenvalue weighted by atomic mass is 10.2. The van der Waals surface area contributed by atoms with Gasteiger partial charge in [-0.15, -0.1) is 11.8 Å². The zero-order valence-corrected chi connectivity index (χ0v) is 14.1. The van der Waals surface area contributed by atoms with Crippen molar-refractivity contribution in [2.75, 3.05) is 23.8 Å². The highest BCUT2D eigenvalue weighted by atomic mass is 79.9. The minimum absolute atomic E-state index is 0.274. The summed E-state index contributed by atoms with van der Waals surface area (Å²) in [5, 5.41) is 4.02. The van der Waals surface area contributed by atoms with Gasteiger partial charge in [-0.25, -0.2) is 13.4 Å². The molecule has 0 unspecified atom stereocenters. The first-order valence-corrected chi connectivity index (χ1v) is 10.4. The van der Waals surface area contributed by atoms with Crippen molar-refractivity contribution in [3.8, 4) is 0 Å². The Hall–Kier alpha value is 0.0800. The first-order valence-electron chi connectivity index (χ1n) is 5.94. The number of halogens is 1. The van der Waals surface area contributed by atoms with Crippen LogP contribution in [0.15, 0.2) is 26.1 Å². The average Bonchev–Trinajstić information content (AvgIpc) is 2.92. The standard InChI is InChI=1S/C11H13BrN2O2S3/c12-9-5-14-2-3-17-11(14)13-10(9)18-6-8-1-4-19(15,16)7-8/h2-3,8H,1,4-7H2/t8-/m1/s1. The van der Waals surface area contributed by atoms with Crippen molar-refractivity contribution in [1.82, 2.24) is 4.90 Å². The van der Waals surface area contributed by atoms with Crippen LogP contribution in [-0.4, -0.2) is 42.3 Å². The largest absolute Gasteiger partial charge is 0.322 e. The molecule has 1 fully saturated rings. The van der Waals surface area contributed by atoms with E-state index < -0.39 is 9.84 Å². The van der Waals surface area contributed by atoms with E-state index in [1.165, 1.54) is 0 Å². The van der Waals surface area contributed by atoms with Crippen molar-refractivity contribution < 1.29 is 8.42 Å². The van der Waals surface area contributed by atoms with Gasteiger partial charge >= 0.3 is 0 Å². The van der Waals surface area contributed by atoms with Crippen molar-refractivity contribution in [1.29, 1.82) is 0 Å². The number of fused-ring (bicyclic) bond motifs is 1. The maximum atomic E-state index is 11.4. The summed E-state index contributed by atoms with van der Waals surface area (Å²) in [5.41, 5.74) is 0. The second-order valence-electron chi connectivity index (χ2n) is 4.72. The summed E-state index contributed by atoms with van der Waals surface area (Å²) < 4.78 is 23.9. The van der Waals surface area contributed by atoms with E-state index in [1.807, 2.05) is 11.6 Å². The number of thioether (sulfide) groups is 2. The van der Waals surface area contributed by atoms with Crippen LogP contribution in [-0.2, 0) is 9.84 Å². The van der Waals surface area contributed by atoms with Crippen molar-refractivity contribution in [2.24, 2.45) is 10.9 Å². The Morgan fingerprint density at radius 3 is 3.16 bits per heavy atom. The lowest BCUT2D eigenvalue weighted by molar-refractivity contribution is 0.599. The molecular formula is C11H13BrN2O2S3. The topological polar surface area (TPSA) is 49.7 Å². The van der Waals surface area contributed by atoms with Gasteiger partial charge in [-0.3, -0.25) is 0 Å². The summed E-state index contributed by atoms with van der Waals surface area (Å²) in [7, 11) is -2.78. The third-order valence-electron chi connectivity index (χ3n) is 3.18. The van der Waals surface area contributed by atoms with Crippen molar-refractivity contribution in [3.63, 3.8) is 0 Å². The average molecular weight is 381 g/mol. The predicted molar refractivity (Wildman–Crippen MR) is 86.0 cm³/mol. The first-order chi connectivity index (χ1) is 9.03. The van der Waals surface area contributed by atoms with Gasteiger partial charge in [0.15, 0.2) is 15.0 Å². The zero-order chi connectivity index (χ0) is 13.5. The van der Waals surface area contributed by atoms with Crippen LogP contribution >= 0.6 is 39.5 Å². The Labute approximate surface area is 129 Å². The fourth-order valence-electron chi connectivity index (χ4n) is 2.18. The van der Waals surface area contributed by atoms with Gasteiger partial charge in [-0.2, -0.15) is 0 Å². The molecule has 19 heavy (non-hydrogen) atoms. The van der Waals surface area contributed by atoms with Gasteiger partial charge < -0.3 is 4.90 Å². The van der Waals surface area contributed by atoms with E-state index in [0.29, 0.717) is 11.5 Å². The van der Waals surface area contributed by atoms with Crippen LogP contribution in [0.5, 0.6) is 0 Å². The number of sulfone groups is 1. The fourth-order valence-corrected chi connectivity index (χ4v) is 6.74. The molecule has 0 bridgehead atoms. The summed E-state index contributed by atoms with van der Waals surface area (Å²) >= 11 is 6.86. The Morgan fingerprint density at radius 1 is 1.58 bits per heavy atom. The van der Waals surface area contributed by atoms with Gasteiger partial charge in [0.1, 0.15) is 5.03 Å². The summed E-state index contributed by atoms with van der Waals surface area (Å²) in [4.78, 5) is 6.71. The van der Waals surface area contributed by atoms with Crippen LogP contribution in [0, 0.1) is 5.92 Å². The molecule has 3 heterocycles. The molecule has 0 aromatic carbocycles. The molecule has 0 aliphatic carbocycles. The molecule has 3 rings (SSSR count). The lowest BCUT2D eigenvalue weighted by Gasteiger charge is -2.22. The molecule has 3 aliphatic rings. The van der Waals surface area contributed by atoms with Crippen LogP contribution in [0.1, 0.15) is 6.42 Å². The van der Waals surface area contributed by atoms with Gasteiger partial charge in [0.25, 0.3) is 0 Å². The normalized spacial score (nSPS) is 28.8. The molecule has 1 atom stereocenters. The monoisotopic (exact) mass is 380 g/mol. The molecule has 0 spiro atoms. The highest BCUT2D eigenvalue weighted by Crippen LogP contribution is 2.36. The van der Waals surface area contributed by atoms with Crippen molar-refractivity contribution >= 4 is 54.5 Å². The molecule has 0 amide bonds. The molecule has 8 heteroatoms. The van der Waals surface area contributed by atoms with Crippen LogP contribution in [0.2, 0.25) is 0 Å². The highest BCUT2D eigenvalue weighted by Gasteiger charge is 2.29. The van der Waals surface area contributed by atoms with E-state index >= 15 is 0 Å². The smallest absolute Gasteiger partial charge is 0.173 e. The van der Waals surface area contributed by atoms with Crippen LogP contribution < -0.4 is 0 Å². The van der Waals surface area contributed by atoms with Crippen LogP contribution in [0.25, 0.3) is 0 Å². The SMILES string of the molecule is O=S1(=O)CC[C@H](CSC2=C(Br)CN3C=CSC3=N2)C1. The van der Waals surface area contributed by atoms with Gasteiger partial charge in [-0.05, 0) is 17.7 Å². The number of rotatable bonds is 3. The van der Waals surface area contributed by atoms with Crippen LogP contribution in [0.4, 0.5) is 0 Å². The summed E-state index contributed by atoms with van der Waals surface area (Å²) in [6.07, 6.45) is 2.81. The van der Waals surface area contributed by atoms with E-state index in [9.17, 15) is 8.42 Å². The Kier molecular flexibility index (Phi) is 4.03. The van der Waals surface area contributed by atoms with Crippen molar-refractivity contribution in [2.45, 2.75) is 6.42 Å². The minimum Gasteiger partial charge on any atom is -0.322 e. The van der Waals surface area contributed by atoms with Gasteiger partial charge in [0.2, 0.25) is 0 Å². The molecule has 0 radical (unpaired) electrons. The molecule has 0 aromatic heterocycles. The minimum atomic E-state index is -2.78. The van der Waals surface area contributed by atoms with E-state index in [-0.39, 0.29) is 5.92 Å². The summed E-state index contributed by atoms with van der Waals surface area (Å²) in [6.45, 7) is 0.813. The molecule has 0 N–H and O–H groups in total. The van der Waals surface area contributed by atoms with Gasteiger partial charge in [0.05, 0.1) is 18.1 Å². The Bertz CT molecular complexity index is 583. The first kappa shape index (κ1) is 14.0. The molecular weight excluding hydrogens is 368 g/mol. The number of aliphatic imine (C=N–C) groups is 1. The number of amidine groups is 1. The third kappa shape index (κ3) is 3.22. The number of hydrogen-bond donors (Lipinski definition) is 0. The molecule has 0 saturated carbocycles. The highest BCUT2D eigenvalue weighted by molar-refractivity contribution is 9.11. The number of nitrogens with zero attached hydrogens (tertiary/aromatic N) is 2. The molecule has 1 saturated heterocycles. The van der Waals surface area contributed by atoms with Crippen LogP contribution in [0.3, 0.4) is 0 Å². The van der Waals surface area contributed by atoms with E-state index in [1.54, 1.807) is 23.5 Å². The maximum Gasteiger partial charge on any atom is 0.173 e. The Balaban J connectivity index is 1.62. The second-order valence-corrected chi connectivity index (χ2v) is 9.78. The van der Waals surface area contributed by atoms with Crippen molar-refractivity contribution in [3.05, 3.63) is 21.1 Å². The zero-order valence-electron chi connectivity index (χ0n) is 10.1. The third-order valence-corrected chi connectivity index (χ3v) is 7.95. The number of hydrogen-bond acceptors (Lipinski definition) is 6. The maximum absolute atomic E-state index is 11.4. The second kappa shape index (κ2) is 5.46. The molecule has 3 aliphatic heterocycles. The van der Waals surface area contributed by atoms with E-state index in [2.05, 4.69) is 25.8 Å². The summed E-state index contributed by atoms with van der Waals surface area (Å²) in [5.74, 6) is 1.79. The van der Waals surface area contributed by atoms with Gasteiger partial charge in [0, 0.05) is 16.4 Å². The van der Waals surface area contributed by atoms with Gasteiger partial charge in [-0.1, -0.05) is 27.7 Å². The lowest BCUT2D eigenvalue weighted by Crippen LogP contribution is -2.24. The predicted octanol–water partition coefficient (Wildman–Crippen LogP) is 2.61. The molecule has 0 aromatic rings. The van der Waals surface area contributed by atoms with E-state index in [0.717, 1.165) is 33.4 Å². The Morgan fingerprint density at radius 2 is 2.42 bits per heavy atom. The molecule has 4 nitrogen and oxygen atoms in total. The quantitative estimate of drug-likeness (QED) is 0.752. The fraction of sp³-hybridized carbons (Fsp3) is 0.545.